The number of fused-ring (bicyclic) bond motifs is 6. The first kappa shape index (κ1) is 32.2. The van der Waals surface area contributed by atoms with E-state index in [1.54, 1.807) is 0 Å². The lowest BCUT2D eigenvalue weighted by Crippen LogP contribution is -2.16. The second-order valence-corrected chi connectivity index (χ2v) is 14.5. The second kappa shape index (κ2) is 13.2. The fourth-order valence-electron chi connectivity index (χ4n) is 8.60. The van der Waals surface area contributed by atoms with Gasteiger partial charge in [-0.05, 0) is 53.5 Å². The van der Waals surface area contributed by atoms with Gasteiger partial charge < -0.3 is 8.98 Å². The Balaban J connectivity index is 1.23. The molecule has 1 aliphatic carbocycles. The molecule has 1 unspecified atom stereocenters. The molecule has 0 N–H and O–H groups in total. The average Bonchev–Trinajstić information content (AvgIpc) is 3.80. The number of para-hydroxylation sites is 2. The molecule has 1 atom stereocenters. The monoisotopic (exact) mass is 717 g/mol. The van der Waals surface area contributed by atoms with Gasteiger partial charge in [-0.15, -0.1) is 0 Å². The highest BCUT2D eigenvalue weighted by atomic mass is 16.3. The summed E-state index contributed by atoms with van der Waals surface area (Å²) in [6, 6.07) is 66.4. The maximum absolute atomic E-state index is 6.53. The quantitative estimate of drug-likeness (QED) is 0.172. The fraction of sp³-hybridized carbons (Fsp3) is 0.0385. The van der Waals surface area contributed by atoms with Gasteiger partial charge in [0.25, 0.3) is 0 Å². The molecule has 0 bridgehead atoms. The molecule has 0 aliphatic heterocycles. The fourth-order valence-corrected chi connectivity index (χ4v) is 8.60. The van der Waals surface area contributed by atoms with Crippen molar-refractivity contribution in [1.82, 2.24) is 14.5 Å². The summed E-state index contributed by atoms with van der Waals surface area (Å²) in [5.74, 6) is 0.714. The van der Waals surface area contributed by atoms with E-state index in [1.165, 1.54) is 22.0 Å². The topological polar surface area (TPSA) is 43.9 Å². The van der Waals surface area contributed by atoms with Crippen LogP contribution in [-0.4, -0.2) is 14.5 Å². The predicted octanol–water partition coefficient (Wildman–Crippen LogP) is 13.5. The van der Waals surface area contributed by atoms with E-state index in [-0.39, 0.29) is 5.92 Å². The van der Waals surface area contributed by atoms with E-state index in [2.05, 4.69) is 181 Å². The minimum Gasteiger partial charge on any atom is -0.456 e. The molecule has 3 aromatic heterocycles. The number of benzene rings is 7. The molecule has 4 heteroatoms. The van der Waals surface area contributed by atoms with Gasteiger partial charge in [0.1, 0.15) is 11.2 Å². The van der Waals surface area contributed by atoms with Crippen molar-refractivity contribution in [2.45, 2.75) is 12.3 Å². The normalized spacial score (nSPS) is 14.6. The molecule has 0 saturated heterocycles. The molecule has 0 spiro atoms. The molecule has 10 aromatic rings. The summed E-state index contributed by atoms with van der Waals surface area (Å²) in [6.07, 6.45) is 3.06. The van der Waals surface area contributed by atoms with Crippen LogP contribution in [0, 0.1) is 0 Å². The Morgan fingerprint density at radius 1 is 0.464 bits per heavy atom. The number of furan rings is 1. The largest absolute Gasteiger partial charge is 0.456 e. The van der Waals surface area contributed by atoms with E-state index in [1.807, 2.05) is 18.2 Å². The van der Waals surface area contributed by atoms with Gasteiger partial charge in [-0.1, -0.05) is 158 Å². The Bertz CT molecular complexity index is 3080. The summed E-state index contributed by atoms with van der Waals surface area (Å²) in [5.41, 5.74) is 13.8. The molecule has 0 amide bonds. The Labute approximate surface area is 324 Å². The third kappa shape index (κ3) is 5.38. The summed E-state index contributed by atoms with van der Waals surface area (Å²) < 4.78 is 9.04. The number of hydrogen-bond acceptors (Lipinski definition) is 3. The molecule has 11 rings (SSSR count). The highest BCUT2D eigenvalue weighted by Gasteiger charge is 2.32. The van der Waals surface area contributed by atoms with Crippen LogP contribution in [0.1, 0.15) is 29.3 Å². The van der Waals surface area contributed by atoms with Crippen LogP contribution < -0.4 is 0 Å². The molecule has 0 radical (unpaired) electrons. The molecule has 7 aromatic carbocycles. The zero-order valence-corrected chi connectivity index (χ0v) is 30.5. The lowest BCUT2D eigenvalue weighted by Gasteiger charge is -2.31. The van der Waals surface area contributed by atoms with E-state index in [0.29, 0.717) is 6.42 Å². The Hall–Kier alpha value is -7.30. The van der Waals surface area contributed by atoms with Gasteiger partial charge in [0.2, 0.25) is 0 Å². The van der Waals surface area contributed by atoms with E-state index in [9.17, 15) is 0 Å². The highest BCUT2D eigenvalue weighted by molar-refractivity contribution is 6.19. The lowest BCUT2D eigenvalue weighted by atomic mass is 9.80. The van der Waals surface area contributed by atoms with Crippen LogP contribution in [-0.2, 0) is 0 Å². The maximum atomic E-state index is 6.53. The summed E-state index contributed by atoms with van der Waals surface area (Å²) in [7, 11) is 0. The first-order chi connectivity index (χ1) is 27.8. The molecular weight excluding hydrogens is 683 g/mol. The predicted molar refractivity (Wildman–Crippen MR) is 231 cm³/mol. The van der Waals surface area contributed by atoms with Gasteiger partial charge in [0.05, 0.1) is 22.4 Å². The third-order valence-electron chi connectivity index (χ3n) is 11.2. The zero-order valence-electron chi connectivity index (χ0n) is 30.5. The lowest BCUT2D eigenvalue weighted by molar-refractivity contribution is 0.669. The van der Waals surface area contributed by atoms with E-state index < -0.39 is 0 Å². The van der Waals surface area contributed by atoms with Gasteiger partial charge >= 0.3 is 0 Å². The second-order valence-electron chi connectivity index (χ2n) is 14.5. The molecule has 1 aliphatic rings. The van der Waals surface area contributed by atoms with E-state index >= 15 is 0 Å². The van der Waals surface area contributed by atoms with Crippen LogP contribution in [0.4, 0.5) is 0 Å². The maximum Gasteiger partial charge on any atom is 0.156 e. The van der Waals surface area contributed by atoms with Crippen molar-refractivity contribution in [3.63, 3.8) is 0 Å². The summed E-state index contributed by atoms with van der Waals surface area (Å²) in [4.78, 5) is 10.7. The van der Waals surface area contributed by atoms with Gasteiger partial charge in [-0.3, -0.25) is 0 Å². The van der Waals surface area contributed by atoms with Gasteiger partial charge in [-0.25, -0.2) is 9.97 Å². The minimum atomic E-state index is -0.0269. The van der Waals surface area contributed by atoms with Crippen molar-refractivity contribution < 1.29 is 4.42 Å². The first-order valence-electron chi connectivity index (χ1n) is 19.2. The number of rotatable bonds is 6. The third-order valence-corrected chi connectivity index (χ3v) is 11.2. The van der Waals surface area contributed by atoms with Crippen LogP contribution in [0.15, 0.2) is 199 Å². The van der Waals surface area contributed by atoms with Gasteiger partial charge in [0, 0.05) is 55.9 Å². The van der Waals surface area contributed by atoms with Crippen LogP contribution in [0.3, 0.4) is 0 Å². The molecule has 264 valence electrons. The van der Waals surface area contributed by atoms with Gasteiger partial charge in [-0.2, -0.15) is 0 Å². The molecule has 4 nitrogen and oxygen atoms in total. The molecule has 3 heterocycles. The van der Waals surface area contributed by atoms with Crippen LogP contribution >= 0.6 is 0 Å². The smallest absolute Gasteiger partial charge is 0.156 e. The van der Waals surface area contributed by atoms with Crippen molar-refractivity contribution in [3.05, 3.63) is 211 Å². The summed E-state index contributed by atoms with van der Waals surface area (Å²) in [6.45, 7) is 0. The molecule has 56 heavy (non-hydrogen) atoms. The number of hydrogen-bond donors (Lipinski definition) is 0. The van der Waals surface area contributed by atoms with E-state index in [4.69, 9.17) is 14.4 Å². The van der Waals surface area contributed by atoms with Crippen molar-refractivity contribution in [2.75, 3.05) is 0 Å². The van der Waals surface area contributed by atoms with Crippen LogP contribution in [0.5, 0.6) is 0 Å². The van der Waals surface area contributed by atoms with Crippen molar-refractivity contribution >= 4 is 60.6 Å². The highest BCUT2D eigenvalue weighted by Crippen LogP contribution is 2.49. The zero-order chi connectivity index (χ0) is 37.0. The Morgan fingerprint density at radius 3 is 1.71 bits per heavy atom. The van der Waals surface area contributed by atoms with Crippen molar-refractivity contribution in [2.24, 2.45) is 0 Å². The number of nitrogens with zero attached hydrogens (tertiary/aromatic N) is 3. The van der Waals surface area contributed by atoms with Gasteiger partial charge in [0.15, 0.2) is 5.82 Å². The number of allylic oxidation sites excluding steroid dienone is 4. The average molecular weight is 718 g/mol. The summed E-state index contributed by atoms with van der Waals surface area (Å²) in [5, 5.41) is 4.67. The van der Waals surface area contributed by atoms with Crippen LogP contribution in [0.25, 0.3) is 83.1 Å². The molecule has 0 fully saturated rings. The van der Waals surface area contributed by atoms with Crippen molar-refractivity contribution in [1.29, 1.82) is 0 Å². The first-order valence-corrected chi connectivity index (χ1v) is 19.2. The van der Waals surface area contributed by atoms with Crippen LogP contribution in [0.2, 0.25) is 0 Å². The SMILES string of the molecule is C1=C(c2nc(-c3ccccc3)cc(-c3ccccc3)n2)CC(c2ccccc2)C(n2c3ccccc3c3cc4c(cc32)oc2ccccc24)=C1c1ccccc1. The summed E-state index contributed by atoms with van der Waals surface area (Å²) >= 11 is 0. The standard InChI is InChI=1S/C52H35N3O/c1-5-17-34(18-6-1)41-29-38(52-53-45(36-21-9-3-10-22-36)32-46(54-52)37-23-11-4-12-24-37)30-42(35-19-7-2-8-20-35)51(41)55-47-27-15-13-25-39(47)43-31-44-40-26-14-16-28-49(40)56-50(44)33-48(43)55/h1-29,31-33,42H,30H2. The van der Waals surface area contributed by atoms with E-state index in [0.717, 1.165) is 78.0 Å². The Kier molecular flexibility index (Phi) is 7.59. The molecular formula is C52H35N3O. The molecule has 0 saturated carbocycles. The van der Waals surface area contributed by atoms with Crippen molar-refractivity contribution in [3.8, 4) is 22.5 Å². The Morgan fingerprint density at radius 2 is 1.04 bits per heavy atom. The minimum absolute atomic E-state index is 0.0269. The number of aromatic nitrogens is 3.